The molecule has 1 aromatic rings. The van der Waals surface area contributed by atoms with E-state index in [2.05, 4.69) is 49.8 Å². The van der Waals surface area contributed by atoms with E-state index in [4.69, 9.17) is 20.8 Å². The van der Waals surface area contributed by atoms with Gasteiger partial charge in [-0.15, -0.1) is 0 Å². The molecule has 20 heavy (non-hydrogen) atoms. The average molecular weight is 378 g/mol. The van der Waals surface area contributed by atoms with Crippen molar-refractivity contribution in [2.75, 3.05) is 6.61 Å². The Morgan fingerprint density at radius 1 is 1.40 bits per heavy atom. The van der Waals surface area contributed by atoms with Crippen LogP contribution in [0.3, 0.4) is 0 Å². The fourth-order valence-corrected chi connectivity index (χ4v) is 3.88. The minimum atomic E-state index is -1.87. The second-order valence-corrected chi connectivity index (χ2v) is 12.9. The number of epoxide rings is 1. The predicted molar refractivity (Wildman–Crippen MR) is 90.4 cm³/mol. The highest BCUT2D eigenvalue weighted by Gasteiger charge is 2.40. The Bertz CT molecular complexity index is 507. The summed E-state index contributed by atoms with van der Waals surface area (Å²) in [6.07, 6.45) is 1.19. The Hall–Kier alpha value is -0.0331. The minimum Gasteiger partial charge on any atom is -0.543 e. The Morgan fingerprint density at radius 3 is 2.50 bits per heavy atom. The summed E-state index contributed by atoms with van der Waals surface area (Å²) < 4.78 is 12.8. The fourth-order valence-electron chi connectivity index (χ4n) is 1.72. The molecule has 5 heteroatoms. The first kappa shape index (κ1) is 16.3. The predicted octanol–water partition coefficient (Wildman–Crippen LogP) is 5.43. The number of hydrogen-bond acceptors (Lipinski definition) is 2. The van der Waals surface area contributed by atoms with Gasteiger partial charge in [-0.25, -0.2) is 0 Å². The lowest BCUT2D eigenvalue weighted by Gasteiger charge is -2.37. The van der Waals surface area contributed by atoms with Gasteiger partial charge < -0.3 is 9.16 Å². The summed E-state index contributed by atoms with van der Waals surface area (Å²) >= 11 is 9.77. The van der Waals surface area contributed by atoms with Gasteiger partial charge in [0.1, 0.15) is 5.75 Å². The molecule has 0 aliphatic carbocycles. The largest absolute Gasteiger partial charge is 0.543 e. The first-order chi connectivity index (χ1) is 9.10. The van der Waals surface area contributed by atoms with Gasteiger partial charge in [0.25, 0.3) is 8.32 Å². The summed E-state index contributed by atoms with van der Waals surface area (Å²) in [4.78, 5) is 0. The molecule has 0 aromatic heterocycles. The van der Waals surface area contributed by atoms with E-state index in [0.29, 0.717) is 6.10 Å². The molecule has 1 heterocycles. The topological polar surface area (TPSA) is 21.8 Å². The smallest absolute Gasteiger partial charge is 0.250 e. The average Bonchev–Trinajstić information content (AvgIpc) is 3.05. The van der Waals surface area contributed by atoms with E-state index in [0.717, 1.165) is 33.8 Å². The fraction of sp³-hybridized carbons (Fsp3) is 0.600. The second kappa shape index (κ2) is 5.63. The van der Waals surface area contributed by atoms with Crippen molar-refractivity contribution in [3.05, 3.63) is 27.2 Å². The summed E-state index contributed by atoms with van der Waals surface area (Å²) in [6, 6.07) is 3.90. The monoisotopic (exact) mass is 376 g/mol. The number of ether oxygens (including phenoxy) is 1. The number of hydrogen-bond donors (Lipinski definition) is 0. The lowest BCUT2D eigenvalue weighted by Crippen LogP contribution is -2.44. The molecular weight excluding hydrogens is 356 g/mol. The van der Waals surface area contributed by atoms with Crippen molar-refractivity contribution in [1.82, 2.24) is 0 Å². The van der Waals surface area contributed by atoms with Gasteiger partial charge in [-0.05, 0) is 51.8 Å². The molecule has 1 aromatic carbocycles. The standard InChI is InChI=1S/C15H22BrClO2Si/c1-15(2,3)20(4,5)19-14-10(7-12-9-18-12)6-11(17)8-13(14)16/h6,8,12H,7,9H2,1-5H3. The highest BCUT2D eigenvalue weighted by Crippen LogP contribution is 2.42. The Balaban J connectivity index is 2.34. The van der Waals surface area contributed by atoms with E-state index in [1.165, 1.54) is 0 Å². The normalized spacial score (nSPS) is 19.1. The molecule has 0 amide bonds. The second-order valence-electron chi connectivity index (χ2n) is 6.90. The zero-order valence-electron chi connectivity index (χ0n) is 12.7. The van der Waals surface area contributed by atoms with Gasteiger partial charge in [0.05, 0.1) is 17.2 Å². The molecule has 1 fully saturated rings. The van der Waals surface area contributed by atoms with E-state index >= 15 is 0 Å². The minimum absolute atomic E-state index is 0.166. The van der Waals surface area contributed by atoms with Gasteiger partial charge in [0, 0.05) is 11.4 Å². The van der Waals surface area contributed by atoms with Gasteiger partial charge in [-0.3, -0.25) is 0 Å². The SMILES string of the molecule is CC(C)(C)[Si](C)(C)Oc1c(Br)cc(Cl)cc1CC1CO1. The molecule has 1 unspecified atom stereocenters. The van der Waals surface area contributed by atoms with Crippen molar-refractivity contribution >= 4 is 35.8 Å². The van der Waals surface area contributed by atoms with Crippen LogP contribution in [0.15, 0.2) is 16.6 Å². The van der Waals surface area contributed by atoms with Crippen LogP contribution in [0.5, 0.6) is 5.75 Å². The summed E-state index contributed by atoms with van der Waals surface area (Å²) in [5.41, 5.74) is 1.14. The number of rotatable bonds is 4. The van der Waals surface area contributed by atoms with Gasteiger partial charge in [0.2, 0.25) is 0 Å². The molecule has 0 spiro atoms. The van der Waals surface area contributed by atoms with Crippen molar-refractivity contribution in [2.24, 2.45) is 0 Å². The van der Waals surface area contributed by atoms with Crippen LogP contribution in [-0.4, -0.2) is 21.0 Å². The number of benzene rings is 1. The van der Waals surface area contributed by atoms with Crippen molar-refractivity contribution in [3.63, 3.8) is 0 Å². The van der Waals surface area contributed by atoms with Crippen molar-refractivity contribution in [1.29, 1.82) is 0 Å². The molecule has 0 N–H and O–H groups in total. The lowest BCUT2D eigenvalue weighted by atomic mass is 10.1. The molecule has 112 valence electrons. The van der Waals surface area contributed by atoms with Crippen LogP contribution in [0.1, 0.15) is 26.3 Å². The molecule has 0 radical (unpaired) electrons. The van der Waals surface area contributed by atoms with E-state index in [1.54, 1.807) is 0 Å². The van der Waals surface area contributed by atoms with Gasteiger partial charge in [-0.1, -0.05) is 32.4 Å². The van der Waals surface area contributed by atoms with E-state index in [-0.39, 0.29) is 5.04 Å². The molecule has 2 rings (SSSR count). The molecular formula is C15H22BrClO2Si. The van der Waals surface area contributed by atoms with Crippen LogP contribution >= 0.6 is 27.5 Å². The first-order valence-corrected chi connectivity index (χ1v) is 11.0. The maximum Gasteiger partial charge on any atom is 0.250 e. The number of halogens is 2. The zero-order valence-corrected chi connectivity index (χ0v) is 16.1. The maximum atomic E-state index is 6.49. The third kappa shape index (κ3) is 3.78. The van der Waals surface area contributed by atoms with Crippen molar-refractivity contribution < 1.29 is 9.16 Å². The summed E-state index contributed by atoms with van der Waals surface area (Å²) in [5.74, 6) is 0.941. The third-order valence-corrected chi connectivity index (χ3v) is 9.23. The van der Waals surface area contributed by atoms with Crippen LogP contribution in [0.25, 0.3) is 0 Å². The molecule has 1 aliphatic rings. The first-order valence-electron chi connectivity index (χ1n) is 6.89. The van der Waals surface area contributed by atoms with Crippen LogP contribution in [-0.2, 0) is 11.2 Å². The lowest BCUT2D eigenvalue weighted by molar-refractivity contribution is 0.404. The molecule has 0 saturated carbocycles. The zero-order chi connectivity index (χ0) is 15.1. The van der Waals surface area contributed by atoms with Crippen LogP contribution < -0.4 is 4.43 Å². The Morgan fingerprint density at radius 2 is 2.00 bits per heavy atom. The van der Waals surface area contributed by atoms with E-state index in [1.807, 2.05) is 12.1 Å². The molecule has 0 bridgehead atoms. The van der Waals surface area contributed by atoms with Gasteiger partial charge in [-0.2, -0.15) is 0 Å². The maximum absolute atomic E-state index is 6.49. The molecule has 1 saturated heterocycles. The molecule has 2 nitrogen and oxygen atoms in total. The quantitative estimate of drug-likeness (QED) is 0.515. The van der Waals surface area contributed by atoms with Crippen molar-refractivity contribution in [3.8, 4) is 5.75 Å². The van der Waals surface area contributed by atoms with Crippen molar-refractivity contribution in [2.45, 2.75) is 51.4 Å². The van der Waals surface area contributed by atoms with Crippen LogP contribution in [0.2, 0.25) is 23.2 Å². The van der Waals surface area contributed by atoms with Gasteiger partial charge in [0.15, 0.2) is 0 Å². The molecule has 1 aliphatic heterocycles. The van der Waals surface area contributed by atoms with Crippen LogP contribution in [0, 0.1) is 0 Å². The molecule has 1 atom stereocenters. The van der Waals surface area contributed by atoms with Crippen LogP contribution in [0.4, 0.5) is 0 Å². The highest BCUT2D eigenvalue weighted by atomic mass is 79.9. The van der Waals surface area contributed by atoms with E-state index in [9.17, 15) is 0 Å². The summed E-state index contributed by atoms with van der Waals surface area (Å²) in [5, 5.41) is 0.898. The third-order valence-electron chi connectivity index (χ3n) is 4.10. The van der Waals surface area contributed by atoms with E-state index < -0.39 is 8.32 Å². The Kier molecular flexibility index (Phi) is 4.60. The van der Waals surface area contributed by atoms with Gasteiger partial charge >= 0.3 is 0 Å². The Labute approximate surface area is 136 Å². The summed E-state index contributed by atoms with van der Waals surface area (Å²) in [6.45, 7) is 12.1. The highest BCUT2D eigenvalue weighted by molar-refractivity contribution is 9.10. The summed E-state index contributed by atoms with van der Waals surface area (Å²) in [7, 11) is -1.87.